The lowest BCUT2D eigenvalue weighted by atomic mass is 9.96. The van der Waals surface area contributed by atoms with Gasteiger partial charge in [0.2, 0.25) is 0 Å². The van der Waals surface area contributed by atoms with E-state index < -0.39 is 5.97 Å². The molecule has 0 aromatic heterocycles. The number of aliphatic carboxylic acids is 1. The summed E-state index contributed by atoms with van der Waals surface area (Å²) in [6.07, 6.45) is 6.89. The molecule has 124 valence electrons. The molecule has 0 aliphatic rings. The van der Waals surface area contributed by atoms with E-state index in [4.69, 9.17) is 9.84 Å². The first-order valence-electron chi connectivity index (χ1n) is 7.76. The lowest BCUT2D eigenvalue weighted by molar-refractivity contribution is -0.131. The zero-order valence-corrected chi connectivity index (χ0v) is 14.5. The van der Waals surface area contributed by atoms with Crippen molar-refractivity contribution in [1.29, 1.82) is 0 Å². The summed E-state index contributed by atoms with van der Waals surface area (Å²) < 4.78 is 5.41. The summed E-state index contributed by atoms with van der Waals surface area (Å²) in [6, 6.07) is 9.80. The normalized spacial score (nSPS) is 11.3. The number of aryl methyl sites for hydroxylation is 1. The quantitative estimate of drug-likeness (QED) is 0.630. The third-order valence-corrected chi connectivity index (χ3v) is 4.13. The summed E-state index contributed by atoms with van der Waals surface area (Å²) in [7, 11) is 1.69. The van der Waals surface area contributed by atoms with Gasteiger partial charge in [0.1, 0.15) is 5.75 Å². The number of methoxy groups -OCH3 is 1. The second kappa shape index (κ2) is 7.64. The van der Waals surface area contributed by atoms with Crippen LogP contribution in [0.4, 0.5) is 0 Å². The van der Waals surface area contributed by atoms with Crippen molar-refractivity contribution < 1.29 is 14.6 Å². The van der Waals surface area contributed by atoms with Crippen molar-refractivity contribution in [3.05, 3.63) is 69.8 Å². The minimum atomic E-state index is -0.945. The number of hydrogen-bond acceptors (Lipinski definition) is 2. The molecule has 0 heterocycles. The maximum absolute atomic E-state index is 10.5. The smallest absolute Gasteiger partial charge is 0.328 e. The highest BCUT2D eigenvalue weighted by atomic mass is 16.5. The number of hydrogen-bond donors (Lipinski definition) is 1. The molecule has 2 rings (SSSR count). The van der Waals surface area contributed by atoms with Gasteiger partial charge in [-0.15, -0.1) is 0 Å². The molecule has 1 N–H and O–H groups in total. The van der Waals surface area contributed by atoms with Crippen LogP contribution < -0.4 is 4.74 Å². The van der Waals surface area contributed by atoms with Gasteiger partial charge in [0.05, 0.1) is 7.11 Å². The highest BCUT2D eigenvalue weighted by Gasteiger charge is 2.08. The van der Waals surface area contributed by atoms with E-state index in [2.05, 4.69) is 39.0 Å². The molecule has 0 aliphatic heterocycles. The van der Waals surface area contributed by atoms with E-state index in [1.54, 1.807) is 13.2 Å². The molecule has 0 amide bonds. The fraction of sp³-hybridized carbons (Fsp3) is 0.190. The van der Waals surface area contributed by atoms with Crippen LogP contribution in [0.5, 0.6) is 5.75 Å². The molecule has 0 bridgehead atoms. The summed E-state index contributed by atoms with van der Waals surface area (Å²) in [5.74, 6) is -0.0310. The molecule has 0 radical (unpaired) electrons. The average Bonchev–Trinajstić information content (AvgIpc) is 2.57. The van der Waals surface area contributed by atoms with E-state index in [0.29, 0.717) is 0 Å². The molecule has 0 saturated carbocycles. The predicted molar refractivity (Wildman–Crippen MR) is 99.2 cm³/mol. The minimum Gasteiger partial charge on any atom is -0.496 e. The summed E-state index contributed by atoms with van der Waals surface area (Å²) in [6.45, 7) is 6.24. The number of rotatable bonds is 5. The van der Waals surface area contributed by atoms with Crippen LogP contribution in [-0.2, 0) is 4.79 Å². The number of carbonyl (C=O) groups is 1. The summed E-state index contributed by atoms with van der Waals surface area (Å²) in [5, 5.41) is 8.64. The van der Waals surface area contributed by atoms with Crippen LogP contribution in [-0.4, -0.2) is 18.2 Å². The Hall–Kier alpha value is -2.81. The standard InChI is InChI=1S/C21H22O3/c1-14-13-20(24-4)16(3)15(2)19(14)11-9-17-5-7-18(8-6-17)10-12-21(22)23/h5-13H,1-4H3,(H,22,23). The van der Waals surface area contributed by atoms with Crippen molar-refractivity contribution in [2.24, 2.45) is 0 Å². The summed E-state index contributed by atoms with van der Waals surface area (Å²) >= 11 is 0. The van der Waals surface area contributed by atoms with Crippen LogP contribution in [0.2, 0.25) is 0 Å². The highest BCUT2D eigenvalue weighted by Crippen LogP contribution is 2.28. The Bertz CT molecular complexity index is 797. The molecule has 0 spiro atoms. The molecular weight excluding hydrogens is 300 g/mol. The van der Waals surface area contributed by atoms with Crippen LogP contribution in [0, 0.1) is 20.8 Å². The highest BCUT2D eigenvalue weighted by molar-refractivity contribution is 5.85. The van der Waals surface area contributed by atoms with E-state index in [1.165, 1.54) is 16.7 Å². The van der Waals surface area contributed by atoms with Crippen molar-refractivity contribution in [2.75, 3.05) is 7.11 Å². The van der Waals surface area contributed by atoms with Gasteiger partial charge in [0.25, 0.3) is 0 Å². The minimum absolute atomic E-state index is 0.863. The number of benzene rings is 2. The van der Waals surface area contributed by atoms with Crippen molar-refractivity contribution in [2.45, 2.75) is 20.8 Å². The topological polar surface area (TPSA) is 46.5 Å². The average molecular weight is 322 g/mol. The Morgan fingerprint density at radius 2 is 1.54 bits per heavy atom. The third kappa shape index (κ3) is 4.13. The maximum Gasteiger partial charge on any atom is 0.328 e. The lowest BCUT2D eigenvalue weighted by Crippen LogP contribution is -1.95. The van der Waals surface area contributed by atoms with Crippen LogP contribution in [0.25, 0.3) is 18.2 Å². The number of carboxylic acid groups (broad SMARTS) is 1. The fourth-order valence-electron chi connectivity index (χ4n) is 2.60. The second-order valence-corrected chi connectivity index (χ2v) is 5.73. The van der Waals surface area contributed by atoms with Crippen LogP contribution in [0.15, 0.2) is 36.4 Å². The van der Waals surface area contributed by atoms with Gasteiger partial charge in [-0.2, -0.15) is 0 Å². The molecule has 0 atom stereocenters. The summed E-state index contributed by atoms with van der Waals surface area (Å²) in [5.41, 5.74) is 6.66. The first kappa shape index (κ1) is 17.5. The zero-order chi connectivity index (χ0) is 17.7. The van der Waals surface area contributed by atoms with Gasteiger partial charge >= 0.3 is 5.97 Å². The molecule has 0 fully saturated rings. The van der Waals surface area contributed by atoms with Gasteiger partial charge in [0.15, 0.2) is 0 Å². The van der Waals surface area contributed by atoms with Gasteiger partial charge in [0, 0.05) is 6.08 Å². The second-order valence-electron chi connectivity index (χ2n) is 5.73. The van der Waals surface area contributed by atoms with Gasteiger partial charge in [-0.05, 0) is 66.3 Å². The molecular formula is C21H22O3. The third-order valence-electron chi connectivity index (χ3n) is 4.13. The Balaban J connectivity index is 2.25. The first-order valence-corrected chi connectivity index (χ1v) is 7.76. The number of ether oxygens (including phenoxy) is 1. The Morgan fingerprint density at radius 3 is 2.08 bits per heavy atom. The fourth-order valence-corrected chi connectivity index (χ4v) is 2.60. The van der Waals surface area contributed by atoms with E-state index in [0.717, 1.165) is 28.5 Å². The van der Waals surface area contributed by atoms with Gasteiger partial charge in [-0.3, -0.25) is 0 Å². The van der Waals surface area contributed by atoms with Crippen molar-refractivity contribution in [3.63, 3.8) is 0 Å². The van der Waals surface area contributed by atoms with E-state index in [1.807, 2.05) is 24.3 Å². The predicted octanol–water partition coefficient (Wildman–Crippen LogP) is 4.89. The Labute approximate surface area is 142 Å². The molecule has 24 heavy (non-hydrogen) atoms. The van der Waals surface area contributed by atoms with Crippen LogP contribution in [0.1, 0.15) is 33.4 Å². The first-order chi connectivity index (χ1) is 11.4. The van der Waals surface area contributed by atoms with Crippen molar-refractivity contribution >= 4 is 24.2 Å². The molecule has 3 heteroatoms. The van der Waals surface area contributed by atoms with E-state index in [9.17, 15) is 4.79 Å². The van der Waals surface area contributed by atoms with Gasteiger partial charge < -0.3 is 9.84 Å². The van der Waals surface area contributed by atoms with E-state index >= 15 is 0 Å². The van der Waals surface area contributed by atoms with Gasteiger partial charge in [-0.1, -0.05) is 36.4 Å². The SMILES string of the molecule is COc1cc(C)c(C=Cc2ccc(C=CC(=O)O)cc2)c(C)c1C. The van der Waals surface area contributed by atoms with Crippen molar-refractivity contribution in [3.8, 4) is 5.75 Å². The van der Waals surface area contributed by atoms with Gasteiger partial charge in [-0.25, -0.2) is 4.79 Å². The Kier molecular flexibility index (Phi) is 5.59. The maximum atomic E-state index is 10.5. The zero-order valence-electron chi connectivity index (χ0n) is 14.5. The van der Waals surface area contributed by atoms with Crippen molar-refractivity contribution in [1.82, 2.24) is 0 Å². The lowest BCUT2D eigenvalue weighted by Gasteiger charge is -2.13. The van der Waals surface area contributed by atoms with Crippen LogP contribution in [0.3, 0.4) is 0 Å². The Morgan fingerprint density at radius 1 is 0.958 bits per heavy atom. The molecule has 2 aromatic carbocycles. The van der Waals surface area contributed by atoms with E-state index in [-0.39, 0.29) is 0 Å². The largest absolute Gasteiger partial charge is 0.496 e. The molecule has 2 aromatic rings. The molecule has 0 saturated heterocycles. The monoisotopic (exact) mass is 322 g/mol. The summed E-state index contributed by atoms with van der Waals surface area (Å²) in [4.78, 5) is 10.5. The molecule has 0 unspecified atom stereocenters. The number of carboxylic acids is 1. The van der Waals surface area contributed by atoms with Crippen LogP contribution >= 0.6 is 0 Å². The molecule has 3 nitrogen and oxygen atoms in total. The molecule has 0 aliphatic carbocycles.